The minimum Gasteiger partial charge on any atom is -0.360 e. The van der Waals surface area contributed by atoms with Gasteiger partial charge in [0.1, 0.15) is 12.4 Å². The van der Waals surface area contributed by atoms with Crippen molar-refractivity contribution in [1.29, 1.82) is 0 Å². The van der Waals surface area contributed by atoms with Crippen molar-refractivity contribution in [3.8, 4) is 0 Å². The van der Waals surface area contributed by atoms with Crippen molar-refractivity contribution in [2.75, 3.05) is 23.3 Å². The highest BCUT2D eigenvalue weighted by Gasteiger charge is 2.31. The molecule has 3 aromatic rings. The Morgan fingerprint density at radius 1 is 1.00 bits per heavy atom. The van der Waals surface area contributed by atoms with E-state index in [1.165, 1.54) is 5.69 Å². The average Bonchev–Trinajstić information content (AvgIpc) is 3.32. The van der Waals surface area contributed by atoms with Crippen molar-refractivity contribution >= 4 is 28.2 Å². The Morgan fingerprint density at radius 2 is 1.77 bits per heavy atom. The number of benzene rings is 2. The minimum atomic E-state index is 0.101. The van der Waals surface area contributed by atoms with E-state index in [0.29, 0.717) is 11.7 Å². The first-order chi connectivity index (χ1) is 12.8. The molecule has 5 rings (SSSR count). The summed E-state index contributed by atoms with van der Waals surface area (Å²) in [5.74, 6) is 0.101. The summed E-state index contributed by atoms with van der Waals surface area (Å²) in [6.45, 7) is 3.63. The molecule has 2 aliphatic rings. The van der Waals surface area contributed by atoms with Crippen molar-refractivity contribution in [3.05, 3.63) is 67.0 Å². The van der Waals surface area contributed by atoms with Crippen LogP contribution in [0.5, 0.6) is 0 Å². The lowest BCUT2D eigenvalue weighted by atomic mass is 10.0. The van der Waals surface area contributed by atoms with E-state index in [-0.39, 0.29) is 5.91 Å². The molecule has 2 aromatic carbocycles. The fraction of sp³-hybridized carbons (Fsp3) is 0.238. The number of carbonyl (C=O) groups excluding carboxylic acids is 1. The standard InChI is InChI=1S/C21H21N4O/c26-21(19-13-15-5-1-2-6-17(15)23-19)24-11-9-16(10-12-24)25-14-22-18-7-3-4-8-20(18)25/h1-8,13-14,16,22-23H,9-12H2. The highest BCUT2D eigenvalue weighted by Crippen LogP contribution is 2.36. The Labute approximate surface area is 152 Å². The summed E-state index contributed by atoms with van der Waals surface area (Å²) in [4.78, 5) is 20.4. The molecule has 26 heavy (non-hydrogen) atoms. The quantitative estimate of drug-likeness (QED) is 0.742. The van der Waals surface area contributed by atoms with Crippen LogP contribution < -0.4 is 10.2 Å². The van der Waals surface area contributed by atoms with Gasteiger partial charge < -0.3 is 20.1 Å². The highest BCUT2D eigenvalue weighted by molar-refractivity contribution is 5.98. The second-order valence-corrected chi connectivity index (χ2v) is 6.99. The molecule has 1 radical (unpaired) electrons. The van der Waals surface area contributed by atoms with Gasteiger partial charge in [-0.3, -0.25) is 4.79 Å². The first-order valence-electron chi connectivity index (χ1n) is 9.14. The summed E-state index contributed by atoms with van der Waals surface area (Å²) in [7, 11) is 0. The molecule has 2 aliphatic heterocycles. The van der Waals surface area contributed by atoms with Gasteiger partial charge in [-0.05, 0) is 37.1 Å². The second kappa shape index (κ2) is 6.09. The number of aromatic nitrogens is 1. The molecule has 131 valence electrons. The number of hydrogen-bond donors (Lipinski definition) is 2. The number of amides is 1. The van der Waals surface area contributed by atoms with E-state index < -0.39 is 0 Å². The summed E-state index contributed by atoms with van der Waals surface area (Å²) < 4.78 is 0. The third-order valence-corrected chi connectivity index (χ3v) is 5.45. The van der Waals surface area contributed by atoms with E-state index in [4.69, 9.17) is 0 Å². The van der Waals surface area contributed by atoms with Crippen LogP contribution >= 0.6 is 0 Å². The van der Waals surface area contributed by atoms with Gasteiger partial charge >= 0.3 is 0 Å². The van der Waals surface area contributed by atoms with E-state index in [1.54, 1.807) is 0 Å². The molecule has 1 fully saturated rings. The van der Waals surface area contributed by atoms with Crippen LogP contribution in [0.15, 0.2) is 54.6 Å². The zero-order chi connectivity index (χ0) is 17.5. The number of aromatic amines is 1. The molecule has 0 aliphatic carbocycles. The Hall–Kier alpha value is -2.95. The van der Waals surface area contributed by atoms with Crippen molar-refractivity contribution in [2.45, 2.75) is 18.9 Å². The average molecular weight is 345 g/mol. The smallest absolute Gasteiger partial charge is 0.270 e. The molecule has 3 heterocycles. The molecule has 1 aromatic heterocycles. The first kappa shape index (κ1) is 15.3. The lowest BCUT2D eigenvalue weighted by Crippen LogP contribution is -2.45. The molecule has 0 spiro atoms. The molecular formula is C21H21N4O. The van der Waals surface area contributed by atoms with Crippen molar-refractivity contribution < 1.29 is 4.79 Å². The van der Waals surface area contributed by atoms with E-state index in [1.807, 2.05) is 41.3 Å². The number of rotatable bonds is 2. The summed E-state index contributed by atoms with van der Waals surface area (Å²) in [5, 5.41) is 4.42. The number of anilines is 2. The fourth-order valence-corrected chi connectivity index (χ4v) is 4.04. The number of para-hydroxylation sites is 3. The molecule has 5 heteroatoms. The Kier molecular flexibility index (Phi) is 3.59. The van der Waals surface area contributed by atoms with Crippen LogP contribution in [-0.4, -0.2) is 34.9 Å². The van der Waals surface area contributed by atoms with Crippen LogP contribution in [0.2, 0.25) is 0 Å². The zero-order valence-electron chi connectivity index (χ0n) is 14.5. The Balaban J connectivity index is 1.28. The number of nitrogens with one attached hydrogen (secondary N) is 2. The van der Waals surface area contributed by atoms with Crippen LogP contribution in [0.3, 0.4) is 0 Å². The van der Waals surface area contributed by atoms with E-state index >= 15 is 0 Å². The van der Waals surface area contributed by atoms with Gasteiger partial charge in [-0.25, -0.2) is 0 Å². The van der Waals surface area contributed by atoms with Crippen LogP contribution in [0.1, 0.15) is 23.3 Å². The zero-order valence-corrected chi connectivity index (χ0v) is 14.5. The largest absolute Gasteiger partial charge is 0.360 e. The van der Waals surface area contributed by atoms with Gasteiger partial charge in [-0.15, -0.1) is 0 Å². The molecule has 5 nitrogen and oxygen atoms in total. The summed E-state index contributed by atoms with van der Waals surface area (Å²) in [6.07, 6.45) is 1.94. The van der Waals surface area contributed by atoms with E-state index in [9.17, 15) is 4.79 Å². The predicted octanol–water partition coefficient (Wildman–Crippen LogP) is 3.82. The third kappa shape index (κ3) is 2.51. The summed E-state index contributed by atoms with van der Waals surface area (Å²) in [6, 6.07) is 18.8. The SMILES string of the molecule is O=C(c1cc2ccccc2[nH]1)N1CCC(N2[CH]Nc3ccccc32)CC1. The molecule has 1 amide bonds. The number of nitrogens with zero attached hydrogens (tertiary/aromatic N) is 2. The number of piperidine rings is 1. The van der Waals surface area contributed by atoms with Crippen LogP contribution in [0.25, 0.3) is 10.9 Å². The van der Waals surface area contributed by atoms with Crippen LogP contribution in [0.4, 0.5) is 11.4 Å². The maximum Gasteiger partial charge on any atom is 0.270 e. The van der Waals surface area contributed by atoms with Gasteiger partial charge in [-0.2, -0.15) is 0 Å². The van der Waals surface area contributed by atoms with Gasteiger partial charge in [0.15, 0.2) is 0 Å². The topological polar surface area (TPSA) is 51.4 Å². The number of likely N-dealkylation sites (tertiary alicyclic amines) is 1. The maximum atomic E-state index is 12.9. The summed E-state index contributed by atoms with van der Waals surface area (Å²) >= 11 is 0. The first-order valence-corrected chi connectivity index (χ1v) is 9.14. The highest BCUT2D eigenvalue weighted by atomic mass is 16.2. The second-order valence-electron chi connectivity index (χ2n) is 6.99. The van der Waals surface area contributed by atoms with Crippen LogP contribution in [0, 0.1) is 6.67 Å². The predicted molar refractivity (Wildman–Crippen MR) is 104 cm³/mol. The van der Waals surface area contributed by atoms with Gasteiger partial charge in [-0.1, -0.05) is 30.3 Å². The van der Waals surface area contributed by atoms with Crippen LogP contribution in [-0.2, 0) is 0 Å². The minimum absolute atomic E-state index is 0.101. The normalized spacial score (nSPS) is 17.4. The Morgan fingerprint density at radius 3 is 2.62 bits per heavy atom. The van der Waals surface area contributed by atoms with Gasteiger partial charge in [0, 0.05) is 30.0 Å². The molecule has 0 unspecified atom stereocenters. The Bertz CT molecular complexity index is 922. The number of fused-ring (bicyclic) bond motifs is 2. The monoisotopic (exact) mass is 345 g/mol. The molecule has 0 saturated carbocycles. The van der Waals surface area contributed by atoms with Crippen molar-refractivity contribution in [2.24, 2.45) is 0 Å². The third-order valence-electron chi connectivity index (χ3n) is 5.45. The van der Waals surface area contributed by atoms with Crippen molar-refractivity contribution in [3.63, 3.8) is 0 Å². The number of hydrogen-bond acceptors (Lipinski definition) is 3. The van der Waals surface area contributed by atoms with Gasteiger partial charge in [0.2, 0.25) is 0 Å². The molecule has 0 atom stereocenters. The molecular weight excluding hydrogens is 324 g/mol. The number of H-pyrrole nitrogens is 1. The fourth-order valence-electron chi connectivity index (χ4n) is 4.04. The number of carbonyl (C=O) groups is 1. The summed E-state index contributed by atoms with van der Waals surface area (Å²) in [5.41, 5.74) is 4.08. The maximum absolute atomic E-state index is 12.9. The van der Waals surface area contributed by atoms with Crippen molar-refractivity contribution in [1.82, 2.24) is 9.88 Å². The molecule has 0 bridgehead atoms. The van der Waals surface area contributed by atoms with E-state index in [0.717, 1.165) is 42.5 Å². The van der Waals surface area contributed by atoms with Gasteiger partial charge in [0.25, 0.3) is 5.91 Å². The van der Waals surface area contributed by atoms with E-state index in [2.05, 4.69) is 40.1 Å². The van der Waals surface area contributed by atoms with Gasteiger partial charge in [0.05, 0.1) is 11.4 Å². The lowest BCUT2D eigenvalue weighted by Gasteiger charge is -2.37. The lowest BCUT2D eigenvalue weighted by molar-refractivity contribution is 0.0709. The molecule has 1 saturated heterocycles. The molecule has 2 N–H and O–H groups in total.